The first kappa shape index (κ1) is 12.6. The van der Waals surface area contributed by atoms with Crippen molar-refractivity contribution in [3.8, 4) is 0 Å². The highest BCUT2D eigenvalue weighted by Crippen LogP contribution is 2.25. The van der Waals surface area contributed by atoms with Crippen molar-refractivity contribution in [3.05, 3.63) is 12.7 Å². The van der Waals surface area contributed by atoms with Gasteiger partial charge in [-0.3, -0.25) is 4.57 Å². The van der Waals surface area contributed by atoms with E-state index in [0.717, 1.165) is 0 Å². The molecule has 3 heterocycles. The van der Waals surface area contributed by atoms with Gasteiger partial charge in [-0.05, 0) is 0 Å². The van der Waals surface area contributed by atoms with Crippen LogP contribution in [0.4, 0.5) is 10.6 Å². The Hall–Kier alpha value is -2.46. The maximum Gasteiger partial charge on any atom is 0.510 e. The number of nitrogens with zero attached hydrogens (tertiary/aromatic N) is 4. The lowest BCUT2D eigenvalue weighted by atomic mass is 10.2. The molecule has 3 atom stereocenters. The zero-order valence-corrected chi connectivity index (χ0v) is 10.1. The summed E-state index contributed by atoms with van der Waals surface area (Å²) in [5.41, 5.74) is 6.22. The van der Waals surface area contributed by atoms with Crippen LogP contribution >= 0.6 is 0 Å². The number of aliphatic hydroxyl groups excluding tert-OH is 2. The van der Waals surface area contributed by atoms with Crippen molar-refractivity contribution in [3.63, 3.8) is 0 Å². The molecule has 2 aromatic heterocycles. The van der Waals surface area contributed by atoms with E-state index in [1.807, 2.05) is 0 Å². The molecule has 1 aliphatic heterocycles. The van der Waals surface area contributed by atoms with E-state index in [2.05, 4.69) is 19.7 Å². The predicted molar refractivity (Wildman–Crippen MR) is 63.2 cm³/mol. The van der Waals surface area contributed by atoms with E-state index in [-0.39, 0.29) is 18.1 Å². The number of aromatic nitrogens is 4. The molecule has 0 amide bonds. The molecule has 0 unspecified atom stereocenters. The van der Waals surface area contributed by atoms with Crippen LogP contribution in [0.25, 0.3) is 11.2 Å². The van der Waals surface area contributed by atoms with E-state index < -0.39 is 24.6 Å². The molecule has 2 aromatic rings. The lowest BCUT2D eigenvalue weighted by Gasteiger charge is -2.22. The zero-order chi connectivity index (χ0) is 14.3. The number of carbonyl (C=O) groups is 1. The number of rotatable bonds is 1. The summed E-state index contributed by atoms with van der Waals surface area (Å²) in [7, 11) is 0. The number of nitrogens with two attached hydrogens (primary N) is 1. The molecule has 20 heavy (non-hydrogen) atoms. The molecule has 1 fully saturated rings. The van der Waals surface area contributed by atoms with E-state index in [1.165, 1.54) is 17.2 Å². The standard InChI is InChI=1S/C10H11N5O5/c11-7-5-8(13-2-12-7)15(3-14-5)9-6(17)4(16)1-19-10(18)20-9/h2-4,6,9,16-17H,1H2,(H2,11,12,13)/t4-,6-,9-/m1/s1. The molecule has 0 aromatic carbocycles. The summed E-state index contributed by atoms with van der Waals surface area (Å²) in [6, 6.07) is 0. The van der Waals surface area contributed by atoms with Crippen molar-refractivity contribution in [1.82, 2.24) is 19.5 Å². The van der Waals surface area contributed by atoms with E-state index in [9.17, 15) is 15.0 Å². The molecule has 0 saturated carbocycles. The predicted octanol–water partition coefficient (Wildman–Crippen LogP) is -1.20. The molecule has 1 saturated heterocycles. The number of cyclic esters (lactones) is 2. The summed E-state index contributed by atoms with van der Waals surface area (Å²) in [5.74, 6) is 0.153. The van der Waals surface area contributed by atoms with Gasteiger partial charge in [0.2, 0.25) is 6.23 Å². The lowest BCUT2D eigenvalue weighted by Crippen LogP contribution is -2.36. The van der Waals surface area contributed by atoms with E-state index >= 15 is 0 Å². The van der Waals surface area contributed by atoms with E-state index in [0.29, 0.717) is 5.52 Å². The lowest BCUT2D eigenvalue weighted by molar-refractivity contribution is -0.0776. The van der Waals surface area contributed by atoms with Gasteiger partial charge in [-0.25, -0.2) is 19.7 Å². The third-order valence-corrected chi connectivity index (χ3v) is 2.94. The number of hydrogen-bond acceptors (Lipinski definition) is 9. The monoisotopic (exact) mass is 281 g/mol. The molecule has 1 aliphatic rings. The van der Waals surface area contributed by atoms with Crippen LogP contribution in [0.3, 0.4) is 0 Å². The van der Waals surface area contributed by atoms with Gasteiger partial charge in [-0.2, -0.15) is 0 Å². The van der Waals surface area contributed by atoms with Gasteiger partial charge in [0.1, 0.15) is 37.0 Å². The number of fused-ring (bicyclic) bond motifs is 1. The van der Waals surface area contributed by atoms with Crippen LogP contribution in [0.2, 0.25) is 0 Å². The molecular formula is C10H11N5O5. The average Bonchev–Trinajstić information content (AvgIpc) is 2.81. The van der Waals surface area contributed by atoms with Gasteiger partial charge in [-0.15, -0.1) is 0 Å². The molecule has 106 valence electrons. The molecule has 0 spiro atoms. The fourth-order valence-corrected chi connectivity index (χ4v) is 1.92. The highest BCUT2D eigenvalue weighted by atomic mass is 16.7. The van der Waals surface area contributed by atoms with Gasteiger partial charge in [-0.1, -0.05) is 0 Å². The van der Waals surface area contributed by atoms with Crippen molar-refractivity contribution in [2.24, 2.45) is 0 Å². The fraction of sp³-hybridized carbons (Fsp3) is 0.400. The Balaban J connectivity index is 2.08. The highest BCUT2D eigenvalue weighted by Gasteiger charge is 2.36. The summed E-state index contributed by atoms with van der Waals surface area (Å²) in [4.78, 5) is 23.1. The Morgan fingerprint density at radius 3 is 2.95 bits per heavy atom. The number of aliphatic hydroxyl groups is 2. The van der Waals surface area contributed by atoms with Gasteiger partial charge in [0.05, 0.1) is 0 Å². The Bertz CT molecular complexity index is 659. The Morgan fingerprint density at radius 1 is 1.35 bits per heavy atom. The van der Waals surface area contributed by atoms with Crippen LogP contribution < -0.4 is 5.73 Å². The van der Waals surface area contributed by atoms with Gasteiger partial charge < -0.3 is 25.4 Å². The van der Waals surface area contributed by atoms with Crippen LogP contribution in [-0.2, 0) is 9.47 Å². The smallest absolute Gasteiger partial charge is 0.431 e. The molecule has 3 rings (SSSR count). The molecule has 10 nitrogen and oxygen atoms in total. The first-order valence-electron chi connectivity index (χ1n) is 5.70. The van der Waals surface area contributed by atoms with E-state index in [4.69, 9.17) is 10.5 Å². The van der Waals surface area contributed by atoms with Gasteiger partial charge >= 0.3 is 6.16 Å². The SMILES string of the molecule is Nc1ncnc2c1ncn2[C@@H]1OC(=O)OC[C@@H](O)[C@H]1O. The molecule has 0 bridgehead atoms. The highest BCUT2D eigenvalue weighted by molar-refractivity contribution is 5.81. The van der Waals surface area contributed by atoms with Gasteiger partial charge in [0, 0.05) is 0 Å². The average molecular weight is 281 g/mol. The maximum absolute atomic E-state index is 11.3. The van der Waals surface area contributed by atoms with Crippen molar-refractivity contribution >= 4 is 23.1 Å². The van der Waals surface area contributed by atoms with Crippen LogP contribution in [0.5, 0.6) is 0 Å². The number of nitrogen functional groups attached to an aromatic ring is 1. The van der Waals surface area contributed by atoms with Gasteiger partial charge in [0.15, 0.2) is 11.5 Å². The normalized spacial score (nSPS) is 26.9. The van der Waals surface area contributed by atoms with Crippen molar-refractivity contribution in [1.29, 1.82) is 0 Å². The first-order chi connectivity index (χ1) is 9.58. The molecule has 0 aliphatic carbocycles. The Labute approximate surface area is 111 Å². The second-order valence-electron chi connectivity index (χ2n) is 4.21. The Kier molecular flexibility index (Phi) is 2.88. The third kappa shape index (κ3) is 1.90. The number of hydrogen-bond donors (Lipinski definition) is 3. The first-order valence-corrected chi connectivity index (χ1v) is 5.70. The summed E-state index contributed by atoms with van der Waals surface area (Å²) < 4.78 is 10.8. The summed E-state index contributed by atoms with van der Waals surface area (Å²) in [6.07, 6.45) is -2.41. The zero-order valence-electron chi connectivity index (χ0n) is 10.1. The quantitative estimate of drug-likeness (QED) is 0.548. The minimum absolute atomic E-state index is 0.153. The van der Waals surface area contributed by atoms with Gasteiger partial charge in [0.25, 0.3) is 0 Å². The number of ether oxygens (including phenoxy) is 2. The summed E-state index contributed by atoms with van der Waals surface area (Å²) in [6.45, 7) is -0.361. The second kappa shape index (κ2) is 4.58. The van der Waals surface area contributed by atoms with Crippen molar-refractivity contribution < 1.29 is 24.5 Å². The van der Waals surface area contributed by atoms with Crippen molar-refractivity contribution in [2.75, 3.05) is 12.3 Å². The number of anilines is 1. The number of imidazole rings is 1. The number of carbonyl (C=O) groups excluding carboxylic acids is 1. The minimum atomic E-state index is -1.39. The molecule has 4 N–H and O–H groups in total. The minimum Gasteiger partial charge on any atom is -0.431 e. The Morgan fingerprint density at radius 2 is 2.15 bits per heavy atom. The third-order valence-electron chi connectivity index (χ3n) is 2.94. The fourth-order valence-electron chi connectivity index (χ4n) is 1.92. The molecule has 0 radical (unpaired) electrons. The largest absolute Gasteiger partial charge is 0.510 e. The van der Waals surface area contributed by atoms with Crippen molar-refractivity contribution in [2.45, 2.75) is 18.4 Å². The molecule has 10 heteroatoms. The second-order valence-corrected chi connectivity index (χ2v) is 4.21. The molecular weight excluding hydrogens is 270 g/mol. The van der Waals surface area contributed by atoms with Crippen LogP contribution in [0.1, 0.15) is 6.23 Å². The summed E-state index contributed by atoms with van der Waals surface area (Å²) >= 11 is 0. The van der Waals surface area contributed by atoms with E-state index in [1.54, 1.807) is 0 Å². The topological polar surface area (TPSA) is 146 Å². The van der Waals surface area contributed by atoms with Crippen LogP contribution in [0, 0.1) is 0 Å². The van der Waals surface area contributed by atoms with Crippen LogP contribution in [0.15, 0.2) is 12.7 Å². The maximum atomic E-state index is 11.3. The van der Waals surface area contributed by atoms with Crippen LogP contribution in [-0.4, -0.2) is 54.7 Å². The summed E-state index contributed by atoms with van der Waals surface area (Å²) in [5, 5.41) is 19.7.